The zero-order chi connectivity index (χ0) is 15.8. The molecule has 0 radical (unpaired) electrons. The van der Waals surface area contributed by atoms with Crippen molar-refractivity contribution in [2.24, 2.45) is 0 Å². The molecular weight excluding hydrogens is 298 g/mol. The fourth-order valence-electron chi connectivity index (χ4n) is 1.73. The third-order valence-electron chi connectivity index (χ3n) is 2.72. The first kappa shape index (κ1) is 16.9. The predicted octanol–water partition coefficient (Wildman–Crippen LogP) is 1.69. The van der Waals surface area contributed by atoms with Gasteiger partial charge in [0.1, 0.15) is 5.88 Å². The largest absolute Gasteiger partial charge is 0.356 e. The van der Waals surface area contributed by atoms with Gasteiger partial charge in [-0.1, -0.05) is 0 Å². The van der Waals surface area contributed by atoms with Crippen LogP contribution in [0.2, 0.25) is 0 Å². The van der Waals surface area contributed by atoms with Crippen LogP contribution in [0, 0.1) is 10.1 Å². The molecule has 0 bridgehead atoms. The summed E-state index contributed by atoms with van der Waals surface area (Å²) in [6, 6.07) is 5.66. The molecule has 0 saturated heterocycles. The SMILES string of the molecule is CC(=O)NCCCN(C(=O)CCl)c1ccc([N+](=O)[O-])cc1. The quantitative estimate of drug-likeness (QED) is 0.359. The Bertz CT molecular complexity index is 519. The fourth-order valence-corrected chi connectivity index (χ4v) is 1.87. The average Bonchev–Trinajstić information content (AvgIpc) is 2.46. The molecule has 0 heterocycles. The summed E-state index contributed by atoms with van der Waals surface area (Å²) in [5.74, 6) is -0.620. The number of nitrogens with zero attached hydrogens (tertiary/aromatic N) is 2. The van der Waals surface area contributed by atoms with E-state index in [1.54, 1.807) is 0 Å². The molecule has 0 aromatic heterocycles. The van der Waals surface area contributed by atoms with Crippen LogP contribution in [-0.2, 0) is 9.59 Å². The Morgan fingerprint density at radius 1 is 1.33 bits per heavy atom. The number of carbonyl (C=O) groups is 2. The van der Waals surface area contributed by atoms with Crippen LogP contribution in [-0.4, -0.2) is 35.7 Å². The third kappa shape index (κ3) is 5.39. The molecule has 114 valence electrons. The van der Waals surface area contributed by atoms with Gasteiger partial charge in [-0.15, -0.1) is 11.6 Å². The Kier molecular flexibility index (Phi) is 6.61. The number of hydrogen-bond acceptors (Lipinski definition) is 4. The van der Waals surface area contributed by atoms with Gasteiger partial charge in [0.2, 0.25) is 11.8 Å². The summed E-state index contributed by atoms with van der Waals surface area (Å²) >= 11 is 5.57. The second kappa shape index (κ2) is 8.21. The number of halogens is 1. The van der Waals surface area contributed by atoms with E-state index < -0.39 is 4.92 Å². The highest BCUT2D eigenvalue weighted by Gasteiger charge is 2.15. The lowest BCUT2D eigenvalue weighted by Crippen LogP contribution is -2.34. The van der Waals surface area contributed by atoms with Crippen LogP contribution in [0.1, 0.15) is 13.3 Å². The highest BCUT2D eigenvalue weighted by Crippen LogP contribution is 2.20. The third-order valence-corrected chi connectivity index (χ3v) is 2.95. The summed E-state index contributed by atoms with van der Waals surface area (Å²) in [4.78, 5) is 34.2. The lowest BCUT2D eigenvalue weighted by atomic mass is 10.2. The maximum atomic E-state index is 11.8. The van der Waals surface area contributed by atoms with E-state index in [0.29, 0.717) is 25.2 Å². The van der Waals surface area contributed by atoms with Crippen molar-refractivity contribution in [1.82, 2.24) is 5.32 Å². The molecular formula is C13H16ClN3O4. The summed E-state index contributed by atoms with van der Waals surface area (Å²) in [7, 11) is 0. The van der Waals surface area contributed by atoms with Crippen molar-refractivity contribution in [1.29, 1.82) is 0 Å². The van der Waals surface area contributed by atoms with Crippen LogP contribution >= 0.6 is 11.6 Å². The van der Waals surface area contributed by atoms with Gasteiger partial charge < -0.3 is 10.2 Å². The van der Waals surface area contributed by atoms with Crippen molar-refractivity contribution >= 4 is 34.8 Å². The van der Waals surface area contributed by atoms with Gasteiger partial charge in [-0.3, -0.25) is 19.7 Å². The van der Waals surface area contributed by atoms with E-state index in [-0.39, 0.29) is 23.4 Å². The highest BCUT2D eigenvalue weighted by atomic mass is 35.5. The molecule has 7 nitrogen and oxygen atoms in total. The lowest BCUT2D eigenvalue weighted by molar-refractivity contribution is -0.384. The zero-order valence-corrected chi connectivity index (χ0v) is 12.3. The molecule has 21 heavy (non-hydrogen) atoms. The monoisotopic (exact) mass is 313 g/mol. The summed E-state index contributed by atoms with van der Waals surface area (Å²) < 4.78 is 0. The Morgan fingerprint density at radius 2 is 1.95 bits per heavy atom. The maximum Gasteiger partial charge on any atom is 0.269 e. The number of non-ortho nitro benzene ring substituents is 1. The van der Waals surface area contributed by atoms with Crippen LogP contribution in [0.3, 0.4) is 0 Å². The van der Waals surface area contributed by atoms with E-state index in [1.807, 2.05) is 0 Å². The second-order valence-corrected chi connectivity index (χ2v) is 4.56. The number of nitro groups is 1. The van der Waals surface area contributed by atoms with Crippen molar-refractivity contribution in [3.63, 3.8) is 0 Å². The molecule has 0 aliphatic carbocycles. The molecule has 1 aromatic rings. The van der Waals surface area contributed by atoms with Crippen molar-refractivity contribution in [3.8, 4) is 0 Å². The molecule has 0 spiro atoms. The molecule has 0 unspecified atom stereocenters. The Labute approximate surface area is 127 Å². The van der Waals surface area contributed by atoms with Crippen molar-refractivity contribution < 1.29 is 14.5 Å². The minimum atomic E-state index is -0.506. The summed E-state index contributed by atoms with van der Waals surface area (Å²) in [5, 5.41) is 13.2. The molecule has 1 aromatic carbocycles. The number of carbonyl (C=O) groups excluding carboxylic acids is 2. The van der Waals surface area contributed by atoms with Gasteiger partial charge in [-0.2, -0.15) is 0 Å². The molecule has 1 N–H and O–H groups in total. The van der Waals surface area contributed by atoms with E-state index in [2.05, 4.69) is 5.32 Å². The molecule has 1 rings (SSSR count). The van der Waals surface area contributed by atoms with Crippen molar-refractivity contribution in [2.75, 3.05) is 23.9 Å². The molecule has 8 heteroatoms. The number of hydrogen-bond donors (Lipinski definition) is 1. The molecule has 0 fully saturated rings. The molecule has 2 amide bonds. The van der Waals surface area contributed by atoms with Crippen LogP contribution in [0.15, 0.2) is 24.3 Å². The van der Waals surface area contributed by atoms with Gasteiger partial charge >= 0.3 is 0 Å². The van der Waals surface area contributed by atoms with Gasteiger partial charge in [0.15, 0.2) is 0 Å². The first-order valence-corrected chi connectivity index (χ1v) is 6.84. The molecule has 0 saturated carbocycles. The predicted molar refractivity (Wildman–Crippen MR) is 79.5 cm³/mol. The van der Waals surface area contributed by atoms with Gasteiger partial charge in [0.25, 0.3) is 5.69 Å². The first-order valence-electron chi connectivity index (χ1n) is 6.31. The Balaban J connectivity index is 2.75. The summed E-state index contributed by atoms with van der Waals surface area (Å²) in [6.45, 7) is 2.22. The number of amides is 2. The van der Waals surface area contributed by atoms with Crippen molar-refractivity contribution in [2.45, 2.75) is 13.3 Å². The Morgan fingerprint density at radius 3 is 2.43 bits per heavy atom. The second-order valence-electron chi connectivity index (χ2n) is 4.29. The van der Waals surface area contributed by atoms with Crippen LogP contribution in [0.4, 0.5) is 11.4 Å². The number of alkyl halides is 1. The minimum Gasteiger partial charge on any atom is -0.356 e. The standard InChI is InChI=1S/C13H16ClN3O4/c1-10(18)15-7-2-8-16(13(19)9-14)11-3-5-12(6-4-11)17(20)21/h3-6H,2,7-9H2,1H3,(H,15,18). The minimum absolute atomic E-state index is 0.0460. The summed E-state index contributed by atoms with van der Waals surface area (Å²) in [5.41, 5.74) is 0.490. The van der Waals surface area contributed by atoms with Crippen LogP contribution in [0.25, 0.3) is 0 Å². The topological polar surface area (TPSA) is 92.6 Å². The van der Waals surface area contributed by atoms with E-state index in [0.717, 1.165) is 0 Å². The molecule has 0 atom stereocenters. The zero-order valence-electron chi connectivity index (χ0n) is 11.5. The number of anilines is 1. The van der Waals surface area contributed by atoms with E-state index in [9.17, 15) is 19.7 Å². The number of nitrogens with one attached hydrogen (secondary N) is 1. The van der Waals surface area contributed by atoms with Gasteiger partial charge in [0, 0.05) is 37.8 Å². The normalized spacial score (nSPS) is 10.0. The van der Waals surface area contributed by atoms with Crippen LogP contribution in [0.5, 0.6) is 0 Å². The van der Waals surface area contributed by atoms with Crippen molar-refractivity contribution in [3.05, 3.63) is 34.4 Å². The van der Waals surface area contributed by atoms with Crippen LogP contribution < -0.4 is 10.2 Å². The van der Waals surface area contributed by atoms with E-state index in [1.165, 1.54) is 36.1 Å². The lowest BCUT2D eigenvalue weighted by Gasteiger charge is -2.21. The molecule has 0 aliphatic rings. The smallest absolute Gasteiger partial charge is 0.269 e. The van der Waals surface area contributed by atoms with E-state index >= 15 is 0 Å². The number of nitro benzene ring substituents is 1. The van der Waals surface area contributed by atoms with Gasteiger partial charge in [-0.05, 0) is 18.6 Å². The van der Waals surface area contributed by atoms with E-state index in [4.69, 9.17) is 11.6 Å². The average molecular weight is 314 g/mol. The number of benzene rings is 1. The fraction of sp³-hybridized carbons (Fsp3) is 0.385. The highest BCUT2D eigenvalue weighted by molar-refractivity contribution is 6.29. The number of rotatable bonds is 7. The maximum absolute atomic E-state index is 11.8. The Hall–Kier alpha value is -2.15. The van der Waals surface area contributed by atoms with Gasteiger partial charge in [-0.25, -0.2) is 0 Å². The first-order chi connectivity index (χ1) is 9.95. The van der Waals surface area contributed by atoms with Gasteiger partial charge in [0.05, 0.1) is 4.92 Å². The molecule has 0 aliphatic heterocycles. The summed E-state index contributed by atoms with van der Waals surface area (Å²) in [6.07, 6.45) is 0.555.